The zero-order valence-corrected chi connectivity index (χ0v) is 14.8. The average molecular weight is 347 g/mol. The van der Waals surface area contributed by atoms with Crippen LogP contribution in [0.2, 0.25) is 0 Å². The van der Waals surface area contributed by atoms with Crippen molar-refractivity contribution < 1.29 is 4.79 Å². The smallest absolute Gasteiger partial charge is 0.294 e. The van der Waals surface area contributed by atoms with Crippen molar-refractivity contribution >= 4 is 23.4 Å². The zero-order chi connectivity index (χ0) is 17.7. The van der Waals surface area contributed by atoms with E-state index < -0.39 is 5.56 Å². The lowest BCUT2D eigenvalue weighted by molar-refractivity contribution is -0.113. The number of rotatable bonds is 6. The van der Waals surface area contributed by atoms with E-state index in [-0.39, 0.29) is 22.5 Å². The molecule has 0 aliphatic rings. The van der Waals surface area contributed by atoms with Gasteiger partial charge in [-0.1, -0.05) is 43.8 Å². The first-order valence-corrected chi connectivity index (χ1v) is 8.65. The molecular formula is C16H21N5O2S. The van der Waals surface area contributed by atoms with Gasteiger partial charge in [0.1, 0.15) is 5.69 Å². The SMILES string of the molecule is CC[C@@H](C)c1ccccc1NC(=O)CSc1nnc(C)c(=O)n1N. The van der Waals surface area contributed by atoms with E-state index in [0.29, 0.717) is 5.92 Å². The van der Waals surface area contributed by atoms with Crippen molar-refractivity contribution in [3.63, 3.8) is 0 Å². The number of amides is 1. The monoisotopic (exact) mass is 347 g/mol. The molecule has 1 heterocycles. The molecule has 128 valence electrons. The number of carbonyl (C=O) groups excluding carboxylic acids is 1. The molecular weight excluding hydrogens is 326 g/mol. The van der Waals surface area contributed by atoms with Crippen LogP contribution in [0.3, 0.4) is 0 Å². The molecule has 0 spiro atoms. The molecule has 0 aliphatic carbocycles. The van der Waals surface area contributed by atoms with Crippen molar-refractivity contribution in [3.8, 4) is 0 Å². The lowest BCUT2D eigenvalue weighted by Crippen LogP contribution is -2.32. The lowest BCUT2D eigenvalue weighted by atomic mass is 9.97. The van der Waals surface area contributed by atoms with E-state index in [1.54, 1.807) is 0 Å². The molecule has 2 rings (SSSR count). The van der Waals surface area contributed by atoms with Crippen LogP contribution in [0.4, 0.5) is 5.69 Å². The van der Waals surface area contributed by atoms with Crippen molar-refractivity contribution in [2.24, 2.45) is 0 Å². The number of nitrogens with one attached hydrogen (secondary N) is 1. The summed E-state index contributed by atoms with van der Waals surface area (Å²) in [5.74, 6) is 5.90. The first-order chi connectivity index (χ1) is 11.4. The van der Waals surface area contributed by atoms with Crippen LogP contribution in [0.15, 0.2) is 34.2 Å². The van der Waals surface area contributed by atoms with Gasteiger partial charge < -0.3 is 11.2 Å². The van der Waals surface area contributed by atoms with Gasteiger partial charge in [-0.3, -0.25) is 9.59 Å². The van der Waals surface area contributed by atoms with Crippen LogP contribution in [0, 0.1) is 6.92 Å². The number of anilines is 1. The summed E-state index contributed by atoms with van der Waals surface area (Å²) in [6.07, 6.45) is 0.986. The van der Waals surface area contributed by atoms with Crippen molar-refractivity contribution in [3.05, 3.63) is 45.9 Å². The molecule has 2 aromatic rings. The minimum atomic E-state index is -0.421. The fourth-order valence-corrected chi connectivity index (χ4v) is 2.80. The summed E-state index contributed by atoms with van der Waals surface area (Å²) in [5.41, 5.74) is 1.70. The zero-order valence-electron chi connectivity index (χ0n) is 13.9. The Morgan fingerprint density at radius 1 is 1.38 bits per heavy atom. The number of aromatic nitrogens is 3. The second-order valence-electron chi connectivity index (χ2n) is 5.48. The Hall–Kier alpha value is -2.35. The largest absolute Gasteiger partial charge is 0.334 e. The number of carbonyl (C=O) groups is 1. The highest BCUT2D eigenvalue weighted by atomic mass is 32.2. The van der Waals surface area contributed by atoms with Gasteiger partial charge in [0.15, 0.2) is 0 Å². The second kappa shape index (κ2) is 7.96. The van der Waals surface area contributed by atoms with Crippen LogP contribution >= 0.6 is 11.8 Å². The molecule has 0 aliphatic heterocycles. The average Bonchev–Trinajstić information content (AvgIpc) is 2.59. The third-order valence-electron chi connectivity index (χ3n) is 3.73. The predicted octanol–water partition coefficient (Wildman–Crippen LogP) is 1.90. The van der Waals surface area contributed by atoms with Gasteiger partial charge >= 0.3 is 0 Å². The first-order valence-electron chi connectivity index (χ1n) is 7.67. The molecule has 3 N–H and O–H groups in total. The quantitative estimate of drug-likeness (QED) is 0.611. The second-order valence-corrected chi connectivity index (χ2v) is 6.42. The molecule has 0 radical (unpaired) electrons. The molecule has 0 saturated heterocycles. The fourth-order valence-electron chi connectivity index (χ4n) is 2.15. The summed E-state index contributed by atoms with van der Waals surface area (Å²) in [4.78, 5) is 23.9. The van der Waals surface area contributed by atoms with Crippen LogP contribution in [0.25, 0.3) is 0 Å². The van der Waals surface area contributed by atoms with Crippen LogP contribution in [0.5, 0.6) is 0 Å². The molecule has 0 fully saturated rings. The van der Waals surface area contributed by atoms with Gasteiger partial charge in [-0.25, -0.2) is 0 Å². The maximum absolute atomic E-state index is 12.2. The normalized spacial score (nSPS) is 12.0. The molecule has 1 aromatic heterocycles. The van der Waals surface area contributed by atoms with Gasteiger partial charge in [0.25, 0.3) is 5.56 Å². The van der Waals surface area contributed by atoms with Crippen LogP contribution in [0.1, 0.15) is 37.4 Å². The van der Waals surface area contributed by atoms with E-state index in [9.17, 15) is 9.59 Å². The maximum Gasteiger partial charge on any atom is 0.294 e. The van der Waals surface area contributed by atoms with Crippen LogP contribution in [-0.4, -0.2) is 26.5 Å². The number of nitrogen functional groups attached to an aromatic ring is 1. The van der Waals surface area contributed by atoms with E-state index >= 15 is 0 Å². The Morgan fingerprint density at radius 2 is 2.08 bits per heavy atom. The summed E-state index contributed by atoms with van der Waals surface area (Å²) in [5, 5.41) is 10.7. The standard InChI is InChI=1S/C16H21N5O2S/c1-4-10(2)12-7-5-6-8-13(12)18-14(22)9-24-16-20-19-11(3)15(23)21(16)17/h5-8,10H,4,9,17H2,1-3H3,(H,18,22)/t10-/m1/s1. The minimum Gasteiger partial charge on any atom is -0.334 e. The predicted molar refractivity (Wildman–Crippen MR) is 95.7 cm³/mol. The van der Waals surface area contributed by atoms with Gasteiger partial charge in [-0.15, -0.1) is 10.2 Å². The van der Waals surface area contributed by atoms with E-state index in [0.717, 1.165) is 34.1 Å². The number of hydrogen-bond acceptors (Lipinski definition) is 6. The van der Waals surface area contributed by atoms with Crippen LogP contribution < -0.4 is 16.7 Å². The summed E-state index contributed by atoms with van der Waals surface area (Å²) in [7, 11) is 0. The number of aryl methyl sites for hydroxylation is 1. The number of hydrogen-bond donors (Lipinski definition) is 2. The lowest BCUT2D eigenvalue weighted by Gasteiger charge is -2.15. The van der Waals surface area contributed by atoms with Gasteiger partial charge in [-0.2, -0.15) is 4.68 Å². The number of nitrogens with two attached hydrogens (primary N) is 1. The van der Waals surface area contributed by atoms with Crippen molar-refractivity contribution in [2.45, 2.75) is 38.3 Å². The Bertz CT molecular complexity index is 790. The Balaban J connectivity index is 2.05. The number of para-hydroxylation sites is 1. The topological polar surface area (TPSA) is 103 Å². The minimum absolute atomic E-state index is 0.0865. The molecule has 7 nitrogen and oxygen atoms in total. The summed E-state index contributed by atoms with van der Waals surface area (Å²) in [6, 6.07) is 7.74. The number of benzene rings is 1. The molecule has 1 atom stereocenters. The van der Waals surface area contributed by atoms with Crippen molar-refractivity contribution in [2.75, 3.05) is 16.9 Å². The molecule has 0 saturated carbocycles. The molecule has 1 amide bonds. The van der Waals surface area contributed by atoms with Gasteiger partial charge in [0, 0.05) is 5.69 Å². The molecule has 0 unspecified atom stereocenters. The maximum atomic E-state index is 12.2. The van der Waals surface area contributed by atoms with Gasteiger partial charge in [0.2, 0.25) is 11.1 Å². The Morgan fingerprint density at radius 3 is 2.79 bits per heavy atom. The van der Waals surface area contributed by atoms with Gasteiger partial charge in [0.05, 0.1) is 5.75 Å². The van der Waals surface area contributed by atoms with Crippen molar-refractivity contribution in [1.82, 2.24) is 14.9 Å². The number of thioether (sulfide) groups is 1. The third-order valence-corrected chi connectivity index (χ3v) is 4.67. The molecule has 1 aromatic carbocycles. The van der Waals surface area contributed by atoms with Gasteiger partial charge in [-0.05, 0) is 30.9 Å². The summed E-state index contributed by atoms with van der Waals surface area (Å²) in [6.45, 7) is 5.76. The van der Waals surface area contributed by atoms with Crippen molar-refractivity contribution in [1.29, 1.82) is 0 Å². The highest BCUT2D eigenvalue weighted by Gasteiger charge is 2.13. The highest BCUT2D eigenvalue weighted by Crippen LogP contribution is 2.26. The van der Waals surface area contributed by atoms with Crippen LogP contribution in [-0.2, 0) is 4.79 Å². The summed E-state index contributed by atoms with van der Waals surface area (Å²) < 4.78 is 0.910. The van der Waals surface area contributed by atoms with E-state index in [1.165, 1.54) is 6.92 Å². The number of nitrogens with zero attached hydrogens (tertiary/aromatic N) is 3. The Labute approximate surface area is 144 Å². The van der Waals surface area contributed by atoms with E-state index in [4.69, 9.17) is 5.84 Å². The molecule has 8 heteroatoms. The van der Waals surface area contributed by atoms with E-state index in [1.807, 2.05) is 24.3 Å². The Kier molecular flexibility index (Phi) is 5.97. The first kappa shape index (κ1) is 18.0. The van der Waals surface area contributed by atoms with E-state index in [2.05, 4.69) is 29.4 Å². The third kappa shape index (κ3) is 4.14. The highest BCUT2D eigenvalue weighted by molar-refractivity contribution is 7.99. The summed E-state index contributed by atoms with van der Waals surface area (Å²) >= 11 is 1.07. The fraction of sp³-hybridized carbons (Fsp3) is 0.375. The molecule has 24 heavy (non-hydrogen) atoms. The molecule has 0 bridgehead atoms.